The number of halogens is 1. The third-order valence-electron chi connectivity index (χ3n) is 3.38. The van der Waals surface area contributed by atoms with Crippen molar-refractivity contribution in [3.63, 3.8) is 0 Å². The van der Waals surface area contributed by atoms with E-state index in [1.165, 1.54) is 0 Å². The summed E-state index contributed by atoms with van der Waals surface area (Å²) in [4.78, 5) is 0. The highest BCUT2D eigenvalue weighted by molar-refractivity contribution is 6.11. The van der Waals surface area contributed by atoms with Gasteiger partial charge in [-0.05, 0) is 6.42 Å². The van der Waals surface area contributed by atoms with Crippen molar-refractivity contribution < 1.29 is 13.9 Å². The maximum atomic E-state index is 13.4. The van der Waals surface area contributed by atoms with Gasteiger partial charge in [-0.25, -0.2) is 4.39 Å². The molecule has 0 N–H and O–H groups in total. The van der Waals surface area contributed by atoms with Crippen LogP contribution in [0.1, 0.15) is 19.8 Å². The van der Waals surface area contributed by atoms with E-state index >= 15 is 0 Å². The highest BCUT2D eigenvalue weighted by atomic mass is 19.1. The van der Waals surface area contributed by atoms with Crippen LogP contribution < -0.4 is 0 Å². The first-order valence-electron chi connectivity index (χ1n) is 4.69. The van der Waals surface area contributed by atoms with Gasteiger partial charge in [0.05, 0.1) is 11.7 Å². The average molecular weight is 184 g/mol. The molecule has 5 atom stereocenters. The summed E-state index contributed by atoms with van der Waals surface area (Å²) >= 11 is 0. The van der Waals surface area contributed by atoms with Gasteiger partial charge in [-0.1, -0.05) is 6.92 Å². The zero-order chi connectivity index (χ0) is 9.64. The molecule has 0 aromatic heterocycles. The smallest absolute Gasteiger partial charge is 0.109 e. The van der Waals surface area contributed by atoms with E-state index in [4.69, 9.17) is 17.3 Å². The SMILES string of the molecule is [B]C1CC2(OC)CC(F)C(C)C2O1. The number of fused-ring (bicyclic) bond motifs is 1. The van der Waals surface area contributed by atoms with E-state index in [1.807, 2.05) is 6.92 Å². The number of hydrogen-bond donors (Lipinski definition) is 0. The lowest BCUT2D eigenvalue weighted by molar-refractivity contribution is -0.0602. The summed E-state index contributed by atoms with van der Waals surface area (Å²) in [6.07, 6.45) is 0.0436. The topological polar surface area (TPSA) is 18.5 Å². The van der Waals surface area contributed by atoms with E-state index in [1.54, 1.807) is 7.11 Å². The van der Waals surface area contributed by atoms with Crippen LogP contribution in [0.4, 0.5) is 4.39 Å². The van der Waals surface area contributed by atoms with E-state index in [0.29, 0.717) is 12.8 Å². The second kappa shape index (κ2) is 2.96. The van der Waals surface area contributed by atoms with Crippen molar-refractivity contribution >= 4 is 7.85 Å². The van der Waals surface area contributed by atoms with Crippen LogP contribution in [0.15, 0.2) is 0 Å². The molecule has 5 unspecified atom stereocenters. The van der Waals surface area contributed by atoms with Crippen molar-refractivity contribution in [3.05, 3.63) is 0 Å². The Kier molecular flexibility index (Phi) is 2.15. The van der Waals surface area contributed by atoms with Gasteiger partial charge in [0.15, 0.2) is 0 Å². The molecule has 1 saturated heterocycles. The van der Waals surface area contributed by atoms with Gasteiger partial charge in [-0.2, -0.15) is 0 Å². The van der Waals surface area contributed by atoms with Crippen LogP contribution in [-0.4, -0.2) is 38.8 Å². The molecule has 1 saturated carbocycles. The van der Waals surface area contributed by atoms with Crippen molar-refractivity contribution in [2.75, 3.05) is 7.11 Å². The molecule has 2 fully saturated rings. The predicted molar refractivity (Wildman–Crippen MR) is 47.4 cm³/mol. The van der Waals surface area contributed by atoms with E-state index in [9.17, 15) is 4.39 Å². The second-order valence-corrected chi connectivity index (χ2v) is 4.15. The Balaban J connectivity index is 2.22. The lowest BCUT2D eigenvalue weighted by Crippen LogP contribution is -2.37. The molecule has 72 valence electrons. The predicted octanol–water partition coefficient (Wildman–Crippen LogP) is 1.03. The summed E-state index contributed by atoms with van der Waals surface area (Å²) in [5.41, 5.74) is -0.460. The van der Waals surface area contributed by atoms with Gasteiger partial charge >= 0.3 is 0 Å². The fourth-order valence-electron chi connectivity index (χ4n) is 2.61. The third kappa shape index (κ3) is 1.23. The zero-order valence-electron chi connectivity index (χ0n) is 8.00. The Labute approximate surface area is 79.2 Å². The second-order valence-electron chi connectivity index (χ2n) is 4.15. The molecule has 2 aliphatic rings. The van der Waals surface area contributed by atoms with Crippen molar-refractivity contribution in [2.45, 2.75) is 43.6 Å². The third-order valence-corrected chi connectivity index (χ3v) is 3.38. The quantitative estimate of drug-likeness (QED) is 0.566. The summed E-state index contributed by atoms with van der Waals surface area (Å²) in [6, 6.07) is -0.292. The lowest BCUT2D eigenvalue weighted by atomic mass is 9.87. The molecule has 0 spiro atoms. The van der Waals surface area contributed by atoms with Crippen molar-refractivity contribution in [3.8, 4) is 0 Å². The number of ether oxygens (including phenoxy) is 2. The molecule has 4 heteroatoms. The minimum Gasteiger partial charge on any atom is -0.381 e. The lowest BCUT2D eigenvalue weighted by Gasteiger charge is -2.26. The Morgan fingerprint density at radius 2 is 2.23 bits per heavy atom. The minimum atomic E-state index is -0.822. The fourth-order valence-corrected chi connectivity index (χ4v) is 2.61. The van der Waals surface area contributed by atoms with Gasteiger partial charge in [0.2, 0.25) is 0 Å². The molecule has 13 heavy (non-hydrogen) atoms. The van der Waals surface area contributed by atoms with Gasteiger partial charge in [0, 0.05) is 25.5 Å². The van der Waals surface area contributed by atoms with E-state index in [2.05, 4.69) is 0 Å². The molecule has 1 heterocycles. The van der Waals surface area contributed by atoms with Crippen molar-refractivity contribution in [2.24, 2.45) is 5.92 Å². The molecule has 0 aromatic rings. The maximum absolute atomic E-state index is 13.4. The van der Waals surface area contributed by atoms with Crippen LogP contribution in [0, 0.1) is 5.92 Å². The Morgan fingerprint density at radius 3 is 2.77 bits per heavy atom. The first kappa shape index (κ1) is 9.47. The normalized spacial score (nSPS) is 55.3. The average Bonchev–Trinajstić information content (AvgIpc) is 2.51. The fraction of sp³-hybridized carbons (Fsp3) is 1.00. The summed E-state index contributed by atoms with van der Waals surface area (Å²) in [5, 5.41) is 0. The highest BCUT2D eigenvalue weighted by Gasteiger charge is 2.58. The first-order chi connectivity index (χ1) is 6.09. The molecule has 1 aliphatic heterocycles. The van der Waals surface area contributed by atoms with Crippen LogP contribution >= 0.6 is 0 Å². The molecular formula is C9H14BFO2. The first-order valence-corrected chi connectivity index (χ1v) is 4.69. The van der Waals surface area contributed by atoms with Crippen molar-refractivity contribution in [1.82, 2.24) is 0 Å². The summed E-state index contributed by atoms with van der Waals surface area (Å²) in [6.45, 7) is 1.86. The molecule has 1 aliphatic carbocycles. The molecule has 2 radical (unpaired) electrons. The van der Waals surface area contributed by atoms with Crippen LogP contribution in [0.3, 0.4) is 0 Å². The summed E-state index contributed by atoms with van der Waals surface area (Å²) < 4.78 is 24.3. The standard InChI is InChI=1S/C9H14BFO2/c1-5-6(11)3-9(12-2)4-7(10)13-8(5)9/h5-8H,3-4H2,1-2H3. The van der Waals surface area contributed by atoms with Crippen LogP contribution in [0.25, 0.3) is 0 Å². The summed E-state index contributed by atoms with van der Waals surface area (Å²) in [7, 11) is 7.28. The number of rotatable bonds is 1. The number of alkyl halides is 1. The Bertz CT molecular complexity index is 214. The van der Waals surface area contributed by atoms with Crippen LogP contribution in [0.5, 0.6) is 0 Å². The van der Waals surface area contributed by atoms with Gasteiger partial charge in [-0.15, -0.1) is 0 Å². The molecule has 2 rings (SSSR count). The highest BCUT2D eigenvalue weighted by Crippen LogP contribution is 2.48. The van der Waals surface area contributed by atoms with Gasteiger partial charge in [0.1, 0.15) is 14.0 Å². The minimum absolute atomic E-state index is 0.103. The molecule has 0 aromatic carbocycles. The monoisotopic (exact) mass is 184 g/mol. The van der Waals surface area contributed by atoms with E-state index in [-0.39, 0.29) is 18.0 Å². The van der Waals surface area contributed by atoms with E-state index < -0.39 is 11.8 Å². The number of hydrogen-bond acceptors (Lipinski definition) is 2. The Hall–Kier alpha value is -0.0851. The molecule has 0 amide bonds. The Morgan fingerprint density at radius 1 is 1.54 bits per heavy atom. The largest absolute Gasteiger partial charge is 0.381 e. The zero-order valence-corrected chi connectivity index (χ0v) is 8.00. The van der Waals surface area contributed by atoms with Gasteiger partial charge < -0.3 is 9.47 Å². The molecule has 2 nitrogen and oxygen atoms in total. The van der Waals surface area contributed by atoms with Gasteiger partial charge in [0.25, 0.3) is 0 Å². The van der Waals surface area contributed by atoms with Crippen LogP contribution in [0.2, 0.25) is 0 Å². The van der Waals surface area contributed by atoms with Gasteiger partial charge in [-0.3, -0.25) is 0 Å². The molecular weight excluding hydrogens is 170 g/mol. The molecule has 0 bridgehead atoms. The van der Waals surface area contributed by atoms with E-state index in [0.717, 1.165) is 0 Å². The van der Waals surface area contributed by atoms with Crippen molar-refractivity contribution in [1.29, 1.82) is 0 Å². The van der Waals surface area contributed by atoms with Crippen LogP contribution in [-0.2, 0) is 9.47 Å². The summed E-state index contributed by atoms with van der Waals surface area (Å²) in [5.74, 6) is -0.103. The number of methoxy groups -OCH3 is 1. The maximum Gasteiger partial charge on any atom is 0.109 e.